The van der Waals surface area contributed by atoms with E-state index in [1.807, 2.05) is 43.4 Å². The maximum Gasteiger partial charge on any atom is 0.350 e. The van der Waals surface area contributed by atoms with Gasteiger partial charge in [-0.3, -0.25) is 4.40 Å². The van der Waals surface area contributed by atoms with Crippen LogP contribution in [0.1, 0.15) is 5.56 Å². The monoisotopic (exact) mass is 360 g/mol. The zero-order valence-electron chi connectivity index (χ0n) is 12.3. The molecule has 2 aromatic heterocycles. The van der Waals surface area contributed by atoms with Crippen LogP contribution >= 0.6 is 15.9 Å². The summed E-state index contributed by atoms with van der Waals surface area (Å²) in [5.41, 5.74) is 1.82. The van der Waals surface area contributed by atoms with Crippen LogP contribution in [0.25, 0.3) is 5.65 Å². The molecule has 0 spiro atoms. The zero-order chi connectivity index (χ0) is 15.5. The summed E-state index contributed by atoms with van der Waals surface area (Å²) < 4.78 is 4.19. The molecule has 0 saturated carbocycles. The van der Waals surface area contributed by atoms with Gasteiger partial charge in [-0.1, -0.05) is 40.2 Å². The first-order valence-corrected chi connectivity index (χ1v) is 7.90. The molecule has 0 atom stereocenters. The maximum atomic E-state index is 12.2. The molecule has 0 saturated heterocycles. The van der Waals surface area contributed by atoms with E-state index in [2.05, 4.69) is 32.0 Å². The highest BCUT2D eigenvalue weighted by molar-refractivity contribution is 9.10. The summed E-state index contributed by atoms with van der Waals surface area (Å²) >= 11 is 3.56. The number of aromatic nitrogens is 3. The Morgan fingerprint density at radius 3 is 2.73 bits per heavy atom. The van der Waals surface area contributed by atoms with Gasteiger partial charge >= 0.3 is 5.69 Å². The second-order valence-corrected chi connectivity index (χ2v) is 6.12. The van der Waals surface area contributed by atoms with E-state index in [9.17, 15) is 4.79 Å². The van der Waals surface area contributed by atoms with E-state index in [0.29, 0.717) is 12.2 Å². The number of rotatable bonds is 5. The molecule has 0 N–H and O–H groups in total. The quantitative estimate of drug-likeness (QED) is 0.701. The summed E-state index contributed by atoms with van der Waals surface area (Å²) in [5.74, 6) is 0. The standard InChI is InChI=1S/C16H17BrN4O/c1-19(12-13-6-2-3-7-14(13)17)10-11-21-16(22)20-9-5-4-8-15(20)18-21/h2-9H,10-12H2,1H3. The molecule has 1 aromatic carbocycles. The number of nitrogens with zero attached hydrogens (tertiary/aromatic N) is 4. The third-order valence-electron chi connectivity index (χ3n) is 3.58. The van der Waals surface area contributed by atoms with Gasteiger partial charge in [0.1, 0.15) is 0 Å². The second kappa shape index (κ2) is 6.46. The van der Waals surface area contributed by atoms with Gasteiger partial charge in [0.25, 0.3) is 0 Å². The zero-order valence-corrected chi connectivity index (χ0v) is 13.9. The average molecular weight is 361 g/mol. The summed E-state index contributed by atoms with van der Waals surface area (Å²) in [6, 6.07) is 13.7. The highest BCUT2D eigenvalue weighted by Crippen LogP contribution is 2.17. The van der Waals surface area contributed by atoms with Crippen LogP contribution in [0.3, 0.4) is 0 Å². The van der Waals surface area contributed by atoms with Crippen LogP contribution < -0.4 is 5.69 Å². The van der Waals surface area contributed by atoms with Crippen molar-refractivity contribution in [2.75, 3.05) is 13.6 Å². The van der Waals surface area contributed by atoms with E-state index < -0.39 is 0 Å². The van der Waals surface area contributed by atoms with Gasteiger partial charge in [-0.2, -0.15) is 0 Å². The van der Waals surface area contributed by atoms with E-state index in [4.69, 9.17) is 0 Å². The molecule has 3 aromatic rings. The largest absolute Gasteiger partial charge is 0.350 e. The third kappa shape index (κ3) is 3.13. The van der Waals surface area contributed by atoms with Gasteiger partial charge < -0.3 is 4.90 Å². The molecule has 6 heteroatoms. The lowest BCUT2D eigenvalue weighted by molar-refractivity contribution is 0.303. The van der Waals surface area contributed by atoms with Crippen LogP contribution in [0.5, 0.6) is 0 Å². The lowest BCUT2D eigenvalue weighted by Gasteiger charge is -2.17. The highest BCUT2D eigenvalue weighted by Gasteiger charge is 2.08. The fourth-order valence-electron chi connectivity index (χ4n) is 2.38. The molecule has 114 valence electrons. The van der Waals surface area contributed by atoms with Crippen LogP contribution in [0.4, 0.5) is 0 Å². The minimum atomic E-state index is -0.0927. The number of hydrogen-bond donors (Lipinski definition) is 0. The van der Waals surface area contributed by atoms with Crippen molar-refractivity contribution in [1.82, 2.24) is 19.1 Å². The lowest BCUT2D eigenvalue weighted by atomic mass is 10.2. The average Bonchev–Trinajstić information content (AvgIpc) is 2.84. The molecule has 0 aliphatic rings. The summed E-state index contributed by atoms with van der Waals surface area (Å²) in [6.07, 6.45) is 1.74. The fraction of sp³-hybridized carbons (Fsp3) is 0.250. The smallest absolute Gasteiger partial charge is 0.300 e. The molecule has 22 heavy (non-hydrogen) atoms. The van der Waals surface area contributed by atoms with Crippen molar-refractivity contribution in [3.05, 3.63) is 69.2 Å². The van der Waals surface area contributed by atoms with Crippen molar-refractivity contribution >= 4 is 21.6 Å². The van der Waals surface area contributed by atoms with Crippen molar-refractivity contribution in [2.45, 2.75) is 13.1 Å². The number of halogens is 1. The highest BCUT2D eigenvalue weighted by atomic mass is 79.9. The van der Waals surface area contributed by atoms with Gasteiger partial charge in [-0.15, -0.1) is 5.10 Å². The number of likely N-dealkylation sites (N-methyl/N-ethyl adjacent to an activating group) is 1. The van der Waals surface area contributed by atoms with Crippen molar-refractivity contribution < 1.29 is 0 Å². The van der Waals surface area contributed by atoms with E-state index in [-0.39, 0.29) is 5.69 Å². The van der Waals surface area contributed by atoms with Crippen LogP contribution in [0, 0.1) is 0 Å². The summed E-state index contributed by atoms with van der Waals surface area (Å²) in [4.78, 5) is 14.4. The SMILES string of the molecule is CN(CCn1nc2ccccn2c1=O)Cc1ccccc1Br. The molecule has 0 aliphatic carbocycles. The van der Waals surface area contributed by atoms with Gasteiger partial charge in [0.15, 0.2) is 5.65 Å². The Morgan fingerprint density at radius 1 is 1.18 bits per heavy atom. The van der Waals surface area contributed by atoms with Gasteiger partial charge in [-0.05, 0) is 30.8 Å². The first kappa shape index (κ1) is 15.0. The maximum absolute atomic E-state index is 12.2. The number of fused-ring (bicyclic) bond motifs is 1. The van der Waals surface area contributed by atoms with Gasteiger partial charge in [-0.25, -0.2) is 9.48 Å². The van der Waals surface area contributed by atoms with Gasteiger partial charge in [0.05, 0.1) is 6.54 Å². The molecule has 2 heterocycles. The summed E-state index contributed by atoms with van der Waals surface area (Å²) in [7, 11) is 2.04. The predicted octanol–water partition coefficient (Wildman–Crippen LogP) is 2.39. The molecule has 0 unspecified atom stereocenters. The van der Waals surface area contributed by atoms with Crippen molar-refractivity contribution in [1.29, 1.82) is 0 Å². The van der Waals surface area contributed by atoms with Gasteiger partial charge in [0.2, 0.25) is 0 Å². The predicted molar refractivity (Wildman–Crippen MR) is 89.9 cm³/mol. The van der Waals surface area contributed by atoms with E-state index in [1.54, 1.807) is 10.6 Å². The minimum absolute atomic E-state index is 0.0927. The fourth-order valence-corrected chi connectivity index (χ4v) is 2.79. The van der Waals surface area contributed by atoms with Crippen LogP contribution in [0.15, 0.2) is 57.9 Å². The molecule has 0 radical (unpaired) electrons. The normalized spacial score (nSPS) is 11.4. The second-order valence-electron chi connectivity index (χ2n) is 5.26. The van der Waals surface area contributed by atoms with Crippen molar-refractivity contribution in [3.63, 3.8) is 0 Å². The van der Waals surface area contributed by atoms with Crippen molar-refractivity contribution in [3.8, 4) is 0 Å². The van der Waals surface area contributed by atoms with E-state index in [1.165, 1.54) is 10.2 Å². The summed E-state index contributed by atoms with van der Waals surface area (Å²) in [6.45, 7) is 2.15. The Morgan fingerprint density at radius 2 is 1.95 bits per heavy atom. The summed E-state index contributed by atoms with van der Waals surface area (Å²) in [5, 5.41) is 4.34. The Kier molecular flexibility index (Phi) is 4.40. The van der Waals surface area contributed by atoms with Crippen LogP contribution in [0.2, 0.25) is 0 Å². The molecule has 3 rings (SSSR count). The molecular weight excluding hydrogens is 344 g/mol. The first-order valence-electron chi connectivity index (χ1n) is 7.11. The Labute approximate surface area is 136 Å². The van der Waals surface area contributed by atoms with E-state index >= 15 is 0 Å². The van der Waals surface area contributed by atoms with Crippen LogP contribution in [-0.4, -0.2) is 32.7 Å². The molecular formula is C16H17BrN4O. The third-order valence-corrected chi connectivity index (χ3v) is 4.35. The number of hydrogen-bond acceptors (Lipinski definition) is 3. The van der Waals surface area contributed by atoms with E-state index in [0.717, 1.165) is 17.6 Å². The Balaban J connectivity index is 1.67. The van der Waals surface area contributed by atoms with Crippen LogP contribution in [-0.2, 0) is 13.1 Å². The van der Waals surface area contributed by atoms with Gasteiger partial charge in [0, 0.05) is 23.8 Å². The first-order chi connectivity index (χ1) is 10.6. The lowest BCUT2D eigenvalue weighted by Crippen LogP contribution is -2.28. The molecule has 0 aliphatic heterocycles. The molecule has 0 fully saturated rings. The number of benzene rings is 1. The number of pyridine rings is 1. The van der Waals surface area contributed by atoms with Crippen molar-refractivity contribution in [2.24, 2.45) is 0 Å². The Hall–Kier alpha value is -1.92. The Bertz CT molecular complexity index is 839. The minimum Gasteiger partial charge on any atom is -0.300 e. The topological polar surface area (TPSA) is 42.5 Å². The molecule has 0 bridgehead atoms. The molecule has 5 nitrogen and oxygen atoms in total. The molecule has 0 amide bonds.